The quantitative estimate of drug-likeness (QED) is 0.780. The van der Waals surface area contributed by atoms with E-state index in [-0.39, 0.29) is 5.91 Å². The molecule has 0 spiro atoms. The lowest BCUT2D eigenvalue weighted by Gasteiger charge is -2.32. The Hall–Kier alpha value is -1.22. The monoisotopic (exact) mass is 366 g/mol. The summed E-state index contributed by atoms with van der Waals surface area (Å²) in [6.07, 6.45) is 1.01. The number of carbonyl (C=O) groups is 1. The highest BCUT2D eigenvalue weighted by atomic mass is 32.1. The van der Waals surface area contributed by atoms with Crippen molar-refractivity contribution in [2.24, 2.45) is 0 Å². The molecule has 1 aromatic heterocycles. The van der Waals surface area contributed by atoms with Gasteiger partial charge in [0.05, 0.1) is 0 Å². The Labute approximate surface area is 154 Å². The molecule has 2 saturated heterocycles. The van der Waals surface area contributed by atoms with Crippen molar-refractivity contribution in [3.05, 3.63) is 11.1 Å². The number of anilines is 1. The fourth-order valence-electron chi connectivity index (χ4n) is 3.26. The van der Waals surface area contributed by atoms with Gasteiger partial charge in [-0.05, 0) is 20.0 Å². The lowest BCUT2D eigenvalue weighted by Crippen LogP contribution is -2.45. The van der Waals surface area contributed by atoms with Gasteiger partial charge in [0, 0.05) is 71.3 Å². The van der Waals surface area contributed by atoms with Gasteiger partial charge in [0.1, 0.15) is 5.69 Å². The maximum atomic E-state index is 12.6. The van der Waals surface area contributed by atoms with Crippen molar-refractivity contribution in [2.45, 2.75) is 6.42 Å². The summed E-state index contributed by atoms with van der Waals surface area (Å²) in [4.78, 5) is 26.1. The third kappa shape index (κ3) is 5.13. The second-order valence-corrected chi connectivity index (χ2v) is 7.81. The van der Waals surface area contributed by atoms with Gasteiger partial charge < -0.3 is 24.9 Å². The van der Waals surface area contributed by atoms with Crippen molar-refractivity contribution < 1.29 is 4.79 Å². The topological polar surface area (TPSA) is 55.0 Å². The number of piperazine rings is 2. The van der Waals surface area contributed by atoms with E-state index in [4.69, 9.17) is 0 Å². The first-order chi connectivity index (χ1) is 12.1. The molecule has 0 aromatic carbocycles. The Kier molecular flexibility index (Phi) is 6.63. The minimum absolute atomic E-state index is 0.0380. The Morgan fingerprint density at radius 1 is 1.24 bits per heavy atom. The number of nitrogens with zero attached hydrogens (tertiary/aromatic N) is 5. The molecule has 1 N–H and O–H groups in total. The Balaban J connectivity index is 1.43. The number of likely N-dealkylation sites (N-methyl/N-ethyl adjacent to an activating group) is 1. The van der Waals surface area contributed by atoms with Gasteiger partial charge in [-0.15, -0.1) is 11.3 Å². The van der Waals surface area contributed by atoms with Gasteiger partial charge in [-0.2, -0.15) is 0 Å². The fourth-order valence-corrected chi connectivity index (χ4v) is 4.12. The van der Waals surface area contributed by atoms with Crippen LogP contribution in [0.1, 0.15) is 16.9 Å². The zero-order chi connectivity index (χ0) is 17.6. The number of nitrogens with one attached hydrogen (secondary N) is 1. The molecule has 1 aromatic rings. The van der Waals surface area contributed by atoms with Crippen LogP contribution >= 0.6 is 11.3 Å². The van der Waals surface area contributed by atoms with Crippen LogP contribution in [-0.4, -0.2) is 105 Å². The van der Waals surface area contributed by atoms with E-state index in [9.17, 15) is 4.79 Å². The van der Waals surface area contributed by atoms with Gasteiger partial charge in [0.15, 0.2) is 5.13 Å². The van der Waals surface area contributed by atoms with Gasteiger partial charge in [-0.1, -0.05) is 0 Å². The van der Waals surface area contributed by atoms with Crippen molar-refractivity contribution >= 4 is 22.4 Å². The second kappa shape index (κ2) is 8.93. The number of hydrogen-bond acceptors (Lipinski definition) is 7. The highest BCUT2D eigenvalue weighted by molar-refractivity contribution is 7.13. The van der Waals surface area contributed by atoms with Crippen molar-refractivity contribution in [2.75, 3.05) is 84.4 Å². The summed E-state index contributed by atoms with van der Waals surface area (Å²) in [6, 6.07) is 0. The number of rotatable bonds is 6. The normalized spacial score (nSPS) is 20.0. The van der Waals surface area contributed by atoms with Crippen LogP contribution in [0.2, 0.25) is 0 Å². The van der Waals surface area contributed by atoms with Crippen LogP contribution in [-0.2, 0) is 0 Å². The minimum Gasteiger partial charge on any atom is -0.346 e. The summed E-state index contributed by atoms with van der Waals surface area (Å²) in [6.45, 7) is 10.3. The third-order valence-corrected chi connectivity index (χ3v) is 5.91. The Morgan fingerprint density at radius 2 is 1.96 bits per heavy atom. The van der Waals surface area contributed by atoms with E-state index < -0.39 is 0 Å². The average Bonchev–Trinajstić information content (AvgIpc) is 3.13. The molecule has 0 radical (unpaired) electrons. The largest absolute Gasteiger partial charge is 0.346 e. The van der Waals surface area contributed by atoms with Gasteiger partial charge >= 0.3 is 0 Å². The summed E-state index contributed by atoms with van der Waals surface area (Å²) < 4.78 is 0. The highest BCUT2D eigenvalue weighted by Crippen LogP contribution is 2.21. The molecule has 2 aliphatic rings. The summed E-state index contributed by atoms with van der Waals surface area (Å²) in [7, 11) is 4.06. The maximum Gasteiger partial charge on any atom is 0.273 e. The van der Waals surface area contributed by atoms with Crippen LogP contribution in [0.25, 0.3) is 0 Å². The molecule has 8 heteroatoms. The van der Waals surface area contributed by atoms with E-state index >= 15 is 0 Å². The Bertz CT molecular complexity index is 551. The molecular weight excluding hydrogens is 336 g/mol. The first-order valence-electron chi connectivity index (χ1n) is 9.21. The molecule has 1 amide bonds. The fraction of sp³-hybridized carbons (Fsp3) is 0.765. The van der Waals surface area contributed by atoms with Crippen LogP contribution < -0.4 is 10.2 Å². The van der Waals surface area contributed by atoms with Gasteiger partial charge in [-0.3, -0.25) is 4.79 Å². The number of aromatic nitrogens is 1. The first kappa shape index (κ1) is 18.6. The zero-order valence-electron chi connectivity index (χ0n) is 15.4. The van der Waals surface area contributed by atoms with E-state index in [1.54, 1.807) is 11.3 Å². The molecule has 3 rings (SSSR count). The SMILES string of the molecule is CN1CCN(CCCN(C)C(=O)c2csc(N3CCNCC3)n2)CC1. The maximum absolute atomic E-state index is 12.6. The van der Waals surface area contributed by atoms with E-state index in [2.05, 4.69) is 32.0 Å². The average molecular weight is 367 g/mol. The van der Waals surface area contributed by atoms with Crippen LogP contribution in [0.15, 0.2) is 5.38 Å². The van der Waals surface area contributed by atoms with E-state index in [1.165, 1.54) is 0 Å². The van der Waals surface area contributed by atoms with E-state index in [1.807, 2.05) is 17.3 Å². The number of thiazole rings is 1. The summed E-state index contributed by atoms with van der Waals surface area (Å²) >= 11 is 1.58. The molecule has 25 heavy (non-hydrogen) atoms. The molecule has 0 atom stereocenters. The molecule has 2 fully saturated rings. The molecule has 0 bridgehead atoms. The van der Waals surface area contributed by atoms with Crippen molar-refractivity contribution in [1.29, 1.82) is 0 Å². The Morgan fingerprint density at radius 3 is 2.68 bits per heavy atom. The second-order valence-electron chi connectivity index (χ2n) is 6.98. The molecule has 3 heterocycles. The van der Waals surface area contributed by atoms with Gasteiger partial charge in [0.25, 0.3) is 5.91 Å². The standard InChI is InChI=1S/C17H30N6OS/c1-20-10-12-22(13-11-20)7-3-6-21(2)16(24)15-14-25-17(19-15)23-8-4-18-5-9-23/h14,18H,3-13H2,1-2H3. The summed E-state index contributed by atoms with van der Waals surface area (Å²) in [5.41, 5.74) is 0.584. The first-order valence-corrected chi connectivity index (χ1v) is 10.1. The summed E-state index contributed by atoms with van der Waals surface area (Å²) in [5.74, 6) is 0.0380. The smallest absolute Gasteiger partial charge is 0.273 e. The van der Waals surface area contributed by atoms with Gasteiger partial charge in [-0.25, -0.2) is 4.98 Å². The molecule has 140 valence electrons. The number of amides is 1. The molecule has 0 saturated carbocycles. The van der Waals surface area contributed by atoms with Gasteiger partial charge in [0.2, 0.25) is 0 Å². The number of carbonyl (C=O) groups excluding carboxylic acids is 1. The number of hydrogen-bond donors (Lipinski definition) is 1. The predicted molar refractivity (Wildman–Crippen MR) is 103 cm³/mol. The van der Waals surface area contributed by atoms with Crippen LogP contribution in [0.4, 0.5) is 5.13 Å². The minimum atomic E-state index is 0.0380. The lowest BCUT2D eigenvalue weighted by molar-refractivity contribution is 0.0778. The molecule has 2 aliphatic heterocycles. The third-order valence-electron chi connectivity index (χ3n) is 5.01. The van der Waals surface area contributed by atoms with Crippen LogP contribution in [0.5, 0.6) is 0 Å². The lowest BCUT2D eigenvalue weighted by atomic mass is 10.3. The van der Waals surface area contributed by atoms with E-state index in [0.717, 1.165) is 77.0 Å². The molecule has 7 nitrogen and oxygen atoms in total. The highest BCUT2D eigenvalue weighted by Gasteiger charge is 2.19. The van der Waals surface area contributed by atoms with Crippen LogP contribution in [0, 0.1) is 0 Å². The molecule has 0 unspecified atom stereocenters. The zero-order valence-corrected chi connectivity index (χ0v) is 16.2. The van der Waals surface area contributed by atoms with E-state index in [0.29, 0.717) is 5.69 Å². The molecular formula is C17H30N6OS. The van der Waals surface area contributed by atoms with Crippen molar-refractivity contribution in [3.63, 3.8) is 0 Å². The summed E-state index contributed by atoms with van der Waals surface area (Å²) in [5, 5.41) is 6.21. The molecule has 0 aliphatic carbocycles. The predicted octanol–water partition coefficient (Wildman–Crippen LogP) is 0.262. The van der Waals surface area contributed by atoms with Crippen molar-refractivity contribution in [3.8, 4) is 0 Å². The van der Waals surface area contributed by atoms with Crippen molar-refractivity contribution in [1.82, 2.24) is 25.0 Å². The van der Waals surface area contributed by atoms with Crippen LogP contribution in [0.3, 0.4) is 0 Å².